The first-order valence-electron chi connectivity index (χ1n) is 5.29. The lowest BCUT2D eigenvalue weighted by Gasteiger charge is -2.23. The lowest BCUT2D eigenvalue weighted by atomic mass is 9.96. The Hall–Kier alpha value is -1.84. The number of amides is 1. The molecule has 1 aromatic rings. The molecule has 1 aliphatic rings. The van der Waals surface area contributed by atoms with Crippen molar-refractivity contribution in [1.29, 1.82) is 0 Å². The fourth-order valence-corrected chi connectivity index (χ4v) is 1.91. The highest BCUT2D eigenvalue weighted by atomic mass is 16.4. The Morgan fingerprint density at radius 1 is 1.31 bits per heavy atom. The van der Waals surface area contributed by atoms with E-state index in [1.807, 2.05) is 0 Å². The Kier molecular flexibility index (Phi) is 2.90. The highest BCUT2D eigenvalue weighted by Crippen LogP contribution is 2.23. The molecule has 0 saturated carbocycles. The Balaban J connectivity index is 2.14. The lowest BCUT2D eigenvalue weighted by Crippen LogP contribution is -2.32. The van der Waals surface area contributed by atoms with E-state index in [0.717, 1.165) is 18.4 Å². The number of rotatable bonds is 2. The minimum atomic E-state index is -0.931. The summed E-state index contributed by atoms with van der Waals surface area (Å²) in [6.45, 7) is 0. The summed E-state index contributed by atoms with van der Waals surface area (Å²) >= 11 is 0. The Morgan fingerprint density at radius 3 is 2.56 bits per heavy atom. The van der Waals surface area contributed by atoms with Crippen LogP contribution < -0.4 is 5.32 Å². The highest BCUT2D eigenvalue weighted by Gasteiger charge is 2.19. The van der Waals surface area contributed by atoms with E-state index in [4.69, 9.17) is 5.11 Å². The molecule has 4 nitrogen and oxygen atoms in total. The number of aromatic carboxylic acids is 1. The van der Waals surface area contributed by atoms with Crippen LogP contribution >= 0.6 is 0 Å². The predicted molar refractivity (Wildman–Crippen MR) is 58.1 cm³/mol. The number of carboxylic acid groups (broad SMARTS) is 1. The van der Waals surface area contributed by atoms with Crippen molar-refractivity contribution in [3.05, 3.63) is 35.4 Å². The number of hydrogen-bond acceptors (Lipinski definition) is 2. The lowest BCUT2D eigenvalue weighted by molar-refractivity contribution is -0.123. The van der Waals surface area contributed by atoms with Gasteiger partial charge < -0.3 is 10.4 Å². The van der Waals surface area contributed by atoms with Crippen LogP contribution in [0, 0.1) is 0 Å². The summed E-state index contributed by atoms with van der Waals surface area (Å²) < 4.78 is 0. The van der Waals surface area contributed by atoms with Crippen LogP contribution in [0.5, 0.6) is 0 Å². The van der Waals surface area contributed by atoms with Gasteiger partial charge in [-0.05, 0) is 30.5 Å². The van der Waals surface area contributed by atoms with E-state index in [9.17, 15) is 9.59 Å². The van der Waals surface area contributed by atoms with Crippen LogP contribution in [-0.2, 0) is 4.79 Å². The molecule has 84 valence electrons. The molecule has 0 radical (unpaired) electrons. The van der Waals surface area contributed by atoms with Crippen molar-refractivity contribution in [2.45, 2.75) is 25.3 Å². The zero-order chi connectivity index (χ0) is 11.5. The zero-order valence-electron chi connectivity index (χ0n) is 8.77. The minimum absolute atomic E-state index is 0.0316. The van der Waals surface area contributed by atoms with Gasteiger partial charge >= 0.3 is 5.97 Å². The maximum absolute atomic E-state index is 11.2. The molecule has 2 rings (SSSR count). The maximum atomic E-state index is 11.2. The summed E-state index contributed by atoms with van der Waals surface area (Å²) in [5, 5.41) is 11.7. The van der Waals surface area contributed by atoms with Gasteiger partial charge in [-0.15, -0.1) is 0 Å². The summed E-state index contributed by atoms with van der Waals surface area (Å²) in [5.74, 6) is -0.863. The topological polar surface area (TPSA) is 66.4 Å². The van der Waals surface area contributed by atoms with Crippen LogP contribution in [0.25, 0.3) is 0 Å². The van der Waals surface area contributed by atoms with Gasteiger partial charge in [0.15, 0.2) is 0 Å². The van der Waals surface area contributed by atoms with Crippen molar-refractivity contribution >= 4 is 11.9 Å². The van der Waals surface area contributed by atoms with Crippen molar-refractivity contribution in [3.8, 4) is 0 Å². The molecule has 0 aromatic heterocycles. The van der Waals surface area contributed by atoms with E-state index >= 15 is 0 Å². The molecular formula is C12H13NO3. The van der Waals surface area contributed by atoms with Gasteiger partial charge in [-0.1, -0.05) is 12.1 Å². The van der Waals surface area contributed by atoms with E-state index in [2.05, 4.69) is 5.32 Å². The molecule has 1 aromatic carbocycles. The second-order valence-corrected chi connectivity index (χ2v) is 3.94. The third-order valence-corrected chi connectivity index (χ3v) is 2.79. The molecule has 1 fully saturated rings. The quantitative estimate of drug-likeness (QED) is 0.796. The Bertz CT molecular complexity index is 411. The van der Waals surface area contributed by atoms with Crippen LogP contribution in [0.1, 0.15) is 41.2 Å². The summed E-state index contributed by atoms with van der Waals surface area (Å²) in [7, 11) is 0. The number of carboxylic acids is 1. The highest BCUT2D eigenvalue weighted by molar-refractivity contribution is 5.87. The summed E-state index contributed by atoms with van der Waals surface area (Å²) in [6.07, 6.45) is 2.39. The average Bonchev–Trinajstić information content (AvgIpc) is 2.29. The maximum Gasteiger partial charge on any atom is 0.335 e. The summed E-state index contributed by atoms with van der Waals surface area (Å²) in [5.41, 5.74) is 1.24. The molecule has 1 amide bonds. The van der Waals surface area contributed by atoms with E-state index < -0.39 is 5.97 Å². The molecule has 1 atom stereocenters. The monoisotopic (exact) mass is 219 g/mol. The molecule has 1 saturated heterocycles. The molecule has 1 heterocycles. The van der Waals surface area contributed by atoms with Crippen molar-refractivity contribution < 1.29 is 14.7 Å². The Labute approximate surface area is 93.3 Å². The van der Waals surface area contributed by atoms with Crippen LogP contribution in [0.4, 0.5) is 0 Å². The number of nitrogens with one attached hydrogen (secondary N) is 1. The van der Waals surface area contributed by atoms with Gasteiger partial charge in [-0.25, -0.2) is 4.79 Å². The minimum Gasteiger partial charge on any atom is -0.478 e. The molecule has 0 bridgehead atoms. The Morgan fingerprint density at radius 2 is 2.00 bits per heavy atom. The predicted octanol–water partition coefficient (Wildman–Crippen LogP) is 1.73. The third kappa shape index (κ3) is 2.21. The molecule has 4 heteroatoms. The van der Waals surface area contributed by atoms with Crippen LogP contribution in [-0.4, -0.2) is 17.0 Å². The first-order chi connectivity index (χ1) is 7.66. The van der Waals surface area contributed by atoms with E-state index in [0.29, 0.717) is 6.42 Å². The van der Waals surface area contributed by atoms with Gasteiger partial charge in [0.1, 0.15) is 0 Å². The molecule has 1 unspecified atom stereocenters. The van der Waals surface area contributed by atoms with E-state index in [1.165, 1.54) is 0 Å². The number of hydrogen-bond donors (Lipinski definition) is 2. The van der Waals surface area contributed by atoms with E-state index in [1.54, 1.807) is 24.3 Å². The first-order valence-corrected chi connectivity index (χ1v) is 5.29. The molecule has 0 aliphatic carbocycles. The largest absolute Gasteiger partial charge is 0.478 e. The van der Waals surface area contributed by atoms with Gasteiger partial charge in [0, 0.05) is 6.42 Å². The third-order valence-electron chi connectivity index (χ3n) is 2.79. The fraction of sp³-hybridized carbons (Fsp3) is 0.333. The van der Waals surface area contributed by atoms with Crippen LogP contribution in [0.2, 0.25) is 0 Å². The first kappa shape index (κ1) is 10.7. The standard InChI is InChI=1S/C12H13NO3/c14-11-3-1-2-10(13-11)8-4-6-9(7-5-8)12(15)16/h4-7,10H,1-3H2,(H,13,14)(H,15,16). The molecule has 1 aliphatic heterocycles. The second-order valence-electron chi connectivity index (χ2n) is 3.94. The summed E-state index contributed by atoms with van der Waals surface area (Å²) in [4.78, 5) is 21.9. The number of carbonyl (C=O) groups is 2. The van der Waals surface area contributed by atoms with Gasteiger partial charge in [-0.3, -0.25) is 4.79 Å². The van der Waals surface area contributed by atoms with Crippen molar-refractivity contribution in [2.24, 2.45) is 0 Å². The van der Waals surface area contributed by atoms with Crippen molar-refractivity contribution in [3.63, 3.8) is 0 Å². The van der Waals surface area contributed by atoms with Gasteiger partial charge in [0.2, 0.25) is 5.91 Å². The zero-order valence-corrected chi connectivity index (χ0v) is 8.77. The average molecular weight is 219 g/mol. The van der Waals surface area contributed by atoms with E-state index in [-0.39, 0.29) is 17.5 Å². The smallest absolute Gasteiger partial charge is 0.335 e. The molecular weight excluding hydrogens is 206 g/mol. The van der Waals surface area contributed by atoms with Crippen molar-refractivity contribution in [2.75, 3.05) is 0 Å². The number of benzene rings is 1. The van der Waals surface area contributed by atoms with Crippen LogP contribution in [0.15, 0.2) is 24.3 Å². The molecule has 0 spiro atoms. The summed E-state index contributed by atoms with van der Waals surface area (Å²) in [6, 6.07) is 6.69. The number of piperidine rings is 1. The molecule has 2 N–H and O–H groups in total. The number of carbonyl (C=O) groups excluding carboxylic acids is 1. The molecule has 16 heavy (non-hydrogen) atoms. The van der Waals surface area contributed by atoms with Crippen molar-refractivity contribution in [1.82, 2.24) is 5.32 Å². The second kappa shape index (κ2) is 4.35. The van der Waals surface area contributed by atoms with Crippen LogP contribution in [0.3, 0.4) is 0 Å². The van der Waals surface area contributed by atoms with Gasteiger partial charge in [0.05, 0.1) is 11.6 Å². The normalized spacial score (nSPS) is 20.2. The van der Waals surface area contributed by atoms with Gasteiger partial charge in [-0.2, -0.15) is 0 Å². The SMILES string of the molecule is O=C1CCCC(c2ccc(C(=O)O)cc2)N1. The van der Waals surface area contributed by atoms with Gasteiger partial charge in [0.25, 0.3) is 0 Å². The fourth-order valence-electron chi connectivity index (χ4n) is 1.91.